The van der Waals surface area contributed by atoms with Crippen molar-refractivity contribution < 1.29 is 5.11 Å². The monoisotopic (exact) mass is 198 g/mol. The van der Waals surface area contributed by atoms with E-state index in [1.807, 2.05) is 31.2 Å². The van der Waals surface area contributed by atoms with Gasteiger partial charge in [0.1, 0.15) is 5.60 Å². The molecule has 0 radical (unpaired) electrons. The van der Waals surface area contributed by atoms with Crippen LogP contribution in [0.1, 0.15) is 17.5 Å². The molecule has 15 heavy (non-hydrogen) atoms. The standard InChI is InChI=1S/C14H14O/c1-4-10-14(15,11-5-2)13-9-7-6-8-12(13)3/h1,6-9,11,15H,2,10H2,3H3. The molecule has 0 saturated carbocycles. The van der Waals surface area contributed by atoms with Crippen molar-refractivity contribution in [3.63, 3.8) is 0 Å². The lowest BCUT2D eigenvalue weighted by Crippen LogP contribution is -2.23. The van der Waals surface area contributed by atoms with Crippen molar-refractivity contribution in [1.29, 1.82) is 0 Å². The van der Waals surface area contributed by atoms with Crippen LogP contribution in [0.3, 0.4) is 0 Å². The normalized spacial score (nSPS) is 13.4. The number of aryl methyl sites for hydroxylation is 1. The van der Waals surface area contributed by atoms with Crippen molar-refractivity contribution in [2.45, 2.75) is 18.9 Å². The molecule has 0 saturated heterocycles. The minimum atomic E-state index is -1.15. The lowest BCUT2D eigenvalue weighted by Gasteiger charge is -2.23. The molecule has 0 heterocycles. The number of terminal acetylenes is 1. The van der Waals surface area contributed by atoms with E-state index < -0.39 is 5.60 Å². The van der Waals surface area contributed by atoms with Crippen molar-refractivity contribution in [2.24, 2.45) is 0 Å². The van der Waals surface area contributed by atoms with E-state index in [9.17, 15) is 5.11 Å². The Balaban J connectivity index is 3.28. The van der Waals surface area contributed by atoms with E-state index in [1.165, 1.54) is 6.08 Å². The largest absolute Gasteiger partial charge is 0.379 e. The zero-order valence-corrected chi connectivity index (χ0v) is 8.83. The van der Waals surface area contributed by atoms with Gasteiger partial charge in [0.05, 0.1) is 0 Å². The molecule has 1 heteroatoms. The minimum Gasteiger partial charge on any atom is -0.379 e. The molecule has 1 atom stereocenters. The molecule has 0 fully saturated rings. The molecule has 0 amide bonds. The molecule has 0 aliphatic carbocycles. The molecular formula is C14H14O. The number of hydrogen-bond acceptors (Lipinski definition) is 1. The van der Waals surface area contributed by atoms with Crippen LogP contribution in [0.5, 0.6) is 0 Å². The Morgan fingerprint density at radius 2 is 2.20 bits per heavy atom. The van der Waals surface area contributed by atoms with Crippen molar-refractivity contribution in [3.8, 4) is 12.3 Å². The Morgan fingerprint density at radius 1 is 1.53 bits per heavy atom. The van der Waals surface area contributed by atoms with Crippen LogP contribution in [0.4, 0.5) is 0 Å². The van der Waals surface area contributed by atoms with Crippen LogP contribution < -0.4 is 0 Å². The fourth-order valence-corrected chi connectivity index (χ4v) is 1.61. The maximum Gasteiger partial charge on any atom is 0.126 e. The third-order valence-corrected chi connectivity index (χ3v) is 2.32. The third-order valence-electron chi connectivity index (χ3n) is 2.32. The Labute approximate surface area is 90.8 Å². The van der Waals surface area contributed by atoms with Crippen LogP contribution in [0.2, 0.25) is 0 Å². The highest BCUT2D eigenvalue weighted by atomic mass is 16.3. The topological polar surface area (TPSA) is 20.2 Å². The van der Waals surface area contributed by atoms with Gasteiger partial charge in [-0.3, -0.25) is 0 Å². The first-order valence-corrected chi connectivity index (χ1v) is 4.73. The number of hydrogen-bond donors (Lipinski definition) is 1. The van der Waals surface area contributed by atoms with Gasteiger partial charge in [-0.15, -0.1) is 18.1 Å². The van der Waals surface area contributed by atoms with E-state index in [4.69, 9.17) is 6.42 Å². The lowest BCUT2D eigenvalue weighted by atomic mass is 9.87. The predicted molar refractivity (Wildman–Crippen MR) is 62.2 cm³/mol. The van der Waals surface area contributed by atoms with Crippen LogP contribution in [0.15, 0.2) is 42.7 Å². The lowest BCUT2D eigenvalue weighted by molar-refractivity contribution is 0.0949. The van der Waals surface area contributed by atoms with Crippen LogP contribution in [0, 0.1) is 19.3 Å². The smallest absolute Gasteiger partial charge is 0.126 e. The van der Waals surface area contributed by atoms with Crippen molar-refractivity contribution >= 4 is 0 Å². The van der Waals surface area contributed by atoms with Gasteiger partial charge in [-0.1, -0.05) is 30.8 Å². The summed E-state index contributed by atoms with van der Waals surface area (Å²) < 4.78 is 0. The Kier molecular flexibility index (Phi) is 3.52. The zero-order chi connectivity index (χ0) is 11.3. The molecular weight excluding hydrogens is 184 g/mol. The van der Waals surface area contributed by atoms with Crippen LogP contribution >= 0.6 is 0 Å². The molecule has 1 aromatic rings. The fraction of sp³-hybridized carbons (Fsp3) is 0.214. The summed E-state index contributed by atoms with van der Waals surface area (Å²) in [6, 6.07) is 7.60. The molecule has 0 bridgehead atoms. The minimum absolute atomic E-state index is 0.223. The highest BCUT2D eigenvalue weighted by Crippen LogP contribution is 2.28. The fourth-order valence-electron chi connectivity index (χ4n) is 1.61. The summed E-state index contributed by atoms with van der Waals surface area (Å²) in [5.74, 6) is 2.47. The third kappa shape index (κ3) is 2.39. The Hall–Kier alpha value is -1.74. The quantitative estimate of drug-likeness (QED) is 0.584. The van der Waals surface area contributed by atoms with Crippen molar-refractivity contribution in [1.82, 2.24) is 0 Å². The van der Waals surface area contributed by atoms with Gasteiger partial charge in [0.25, 0.3) is 0 Å². The first-order valence-electron chi connectivity index (χ1n) is 4.73. The zero-order valence-electron chi connectivity index (χ0n) is 8.83. The highest BCUT2D eigenvalue weighted by Gasteiger charge is 2.26. The van der Waals surface area contributed by atoms with Gasteiger partial charge in [0.15, 0.2) is 0 Å². The van der Waals surface area contributed by atoms with Crippen LogP contribution in [-0.2, 0) is 5.60 Å². The summed E-state index contributed by atoms with van der Waals surface area (Å²) in [7, 11) is 0. The molecule has 76 valence electrons. The second-order valence-electron chi connectivity index (χ2n) is 3.47. The summed E-state index contributed by atoms with van der Waals surface area (Å²) in [5.41, 5.74) is 3.25. The second-order valence-corrected chi connectivity index (χ2v) is 3.47. The SMILES string of the molecule is C#CCC(O)(C=C=C)c1ccccc1C. The van der Waals surface area contributed by atoms with Crippen LogP contribution in [-0.4, -0.2) is 5.11 Å². The molecule has 1 nitrogen and oxygen atoms in total. The Morgan fingerprint density at radius 3 is 2.73 bits per heavy atom. The summed E-state index contributed by atoms with van der Waals surface area (Å²) in [6.07, 6.45) is 6.99. The molecule has 0 aromatic heterocycles. The van der Waals surface area contributed by atoms with E-state index in [2.05, 4.69) is 18.2 Å². The van der Waals surface area contributed by atoms with E-state index in [0.717, 1.165) is 11.1 Å². The second kappa shape index (κ2) is 4.66. The van der Waals surface area contributed by atoms with Gasteiger partial charge >= 0.3 is 0 Å². The van der Waals surface area contributed by atoms with Gasteiger partial charge in [-0.2, -0.15) is 0 Å². The number of rotatable bonds is 3. The molecule has 0 aliphatic rings. The first kappa shape index (κ1) is 11.3. The summed E-state index contributed by atoms with van der Waals surface area (Å²) in [6.45, 7) is 5.41. The average molecular weight is 198 g/mol. The maximum atomic E-state index is 10.4. The van der Waals surface area contributed by atoms with Crippen LogP contribution in [0.25, 0.3) is 0 Å². The molecule has 0 aliphatic heterocycles. The van der Waals surface area contributed by atoms with Gasteiger partial charge in [-0.05, 0) is 24.1 Å². The first-order chi connectivity index (χ1) is 7.14. The van der Waals surface area contributed by atoms with Gasteiger partial charge in [-0.25, -0.2) is 0 Å². The van der Waals surface area contributed by atoms with Gasteiger partial charge < -0.3 is 5.11 Å². The Bertz CT molecular complexity index is 433. The van der Waals surface area contributed by atoms with E-state index in [-0.39, 0.29) is 6.42 Å². The van der Waals surface area contributed by atoms with E-state index in [0.29, 0.717) is 0 Å². The van der Waals surface area contributed by atoms with Gasteiger partial charge in [0.2, 0.25) is 0 Å². The van der Waals surface area contributed by atoms with E-state index in [1.54, 1.807) is 0 Å². The molecule has 0 spiro atoms. The number of aliphatic hydroxyl groups is 1. The summed E-state index contributed by atoms with van der Waals surface area (Å²) in [4.78, 5) is 0. The van der Waals surface area contributed by atoms with Crippen molar-refractivity contribution in [3.05, 3.63) is 53.8 Å². The highest BCUT2D eigenvalue weighted by molar-refractivity contribution is 5.35. The predicted octanol–water partition coefficient (Wildman–Crippen LogP) is 2.55. The molecule has 1 rings (SSSR count). The summed E-state index contributed by atoms with van der Waals surface area (Å²) >= 11 is 0. The average Bonchev–Trinajstić information content (AvgIpc) is 2.19. The molecule has 1 unspecified atom stereocenters. The molecule has 1 aromatic carbocycles. The maximum absolute atomic E-state index is 10.4. The number of benzene rings is 1. The molecule has 1 N–H and O–H groups in total. The van der Waals surface area contributed by atoms with Crippen molar-refractivity contribution in [2.75, 3.05) is 0 Å². The summed E-state index contributed by atoms with van der Waals surface area (Å²) in [5, 5.41) is 10.4. The van der Waals surface area contributed by atoms with E-state index >= 15 is 0 Å². The van der Waals surface area contributed by atoms with Gasteiger partial charge in [0, 0.05) is 6.42 Å².